The van der Waals surface area contributed by atoms with Crippen molar-refractivity contribution < 1.29 is 4.79 Å². The van der Waals surface area contributed by atoms with E-state index in [1.807, 2.05) is 0 Å². The summed E-state index contributed by atoms with van der Waals surface area (Å²) in [6.45, 7) is 11.0. The minimum absolute atomic E-state index is 0.170. The highest BCUT2D eigenvalue weighted by molar-refractivity contribution is 5.76. The van der Waals surface area contributed by atoms with Crippen LogP contribution in [-0.4, -0.2) is 25.5 Å². The molecule has 1 atom stereocenters. The molecule has 0 aliphatic carbocycles. The van der Waals surface area contributed by atoms with Crippen molar-refractivity contribution in [2.75, 3.05) is 19.6 Å². The second kappa shape index (κ2) is 7.80. The summed E-state index contributed by atoms with van der Waals surface area (Å²) < 4.78 is 0. The number of amides is 1. The molecule has 0 aliphatic rings. The molecule has 0 spiro atoms. The Morgan fingerprint density at radius 3 is 2.36 bits per heavy atom. The summed E-state index contributed by atoms with van der Waals surface area (Å²) >= 11 is 0. The maximum atomic E-state index is 11.4. The molecule has 0 rings (SSSR count). The Morgan fingerprint density at radius 1 is 1.21 bits per heavy atom. The first-order valence-corrected chi connectivity index (χ1v) is 5.55. The van der Waals surface area contributed by atoms with Gasteiger partial charge < -0.3 is 10.6 Å². The van der Waals surface area contributed by atoms with Gasteiger partial charge in [0.2, 0.25) is 5.91 Å². The molecule has 0 radical (unpaired) electrons. The summed E-state index contributed by atoms with van der Waals surface area (Å²) in [6.07, 6.45) is 0.643. The van der Waals surface area contributed by atoms with Crippen molar-refractivity contribution in [2.24, 2.45) is 11.8 Å². The number of likely N-dealkylation sites (N-methyl/N-ethyl adjacent to an activating group) is 1. The molecule has 1 unspecified atom stereocenters. The number of hydrogen-bond acceptors (Lipinski definition) is 2. The van der Waals surface area contributed by atoms with Gasteiger partial charge in [-0.1, -0.05) is 27.7 Å². The molecule has 3 heteroatoms. The normalized spacial score (nSPS) is 12.9. The molecule has 0 fully saturated rings. The van der Waals surface area contributed by atoms with Crippen LogP contribution >= 0.6 is 0 Å². The lowest BCUT2D eigenvalue weighted by atomic mass is 9.94. The monoisotopic (exact) mass is 200 g/mol. The van der Waals surface area contributed by atoms with Gasteiger partial charge in [0.1, 0.15) is 0 Å². The van der Waals surface area contributed by atoms with Gasteiger partial charge in [-0.15, -0.1) is 0 Å². The van der Waals surface area contributed by atoms with Crippen molar-refractivity contribution in [3.05, 3.63) is 0 Å². The van der Waals surface area contributed by atoms with Crippen LogP contribution < -0.4 is 10.6 Å². The Labute approximate surface area is 87.6 Å². The SMILES string of the molecule is CCNCCNC(=O)CC(C)C(C)C. The van der Waals surface area contributed by atoms with Gasteiger partial charge in [0.25, 0.3) is 0 Å². The second-order valence-electron chi connectivity index (χ2n) is 4.13. The average molecular weight is 200 g/mol. The van der Waals surface area contributed by atoms with E-state index >= 15 is 0 Å². The number of carbonyl (C=O) groups excluding carboxylic acids is 1. The smallest absolute Gasteiger partial charge is 0.220 e. The molecule has 84 valence electrons. The molecule has 0 aromatic rings. The zero-order chi connectivity index (χ0) is 11.0. The van der Waals surface area contributed by atoms with Crippen LogP contribution in [0.4, 0.5) is 0 Å². The van der Waals surface area contributed by atoms with Gasteiger partial charge in [0.05, 0.1) is 0 Å². The van der Waals surface area contributed by atoms with Crippen LogP contribution in [0.15, 0.2) is 0 Å². The summed E-state index contributed by atoms with van der Waals surface area (Å²) in [7, 11) is 0. The first kappa shape index (κ1) is 13.4. The van der Waals surface area contributed by atoms with Gasteiger partial charge in [0, 0.05) is 19.5 Å². The third kappa shape index (κ3) is 6.89. The van der Waals surface area contributed by atoms with Crippen molar-refractivity contribution in [2.45, 2.75) is 34.1 Å². The number of hydrogen-bond donors (Lipinski definition) is 2. The molecule has 0 bridgehead atoms. The molecule has 0 aromatic carbocycles. The molecule has 0 saturated carbocycles. The standard InChI is InChI=1S/C11H24N2O/c1-5-12-6-7-13-11(14)8-10(4)9(2)3/h9-10,12H,5-8H2,1-4H3,(H,13,14). The Hall–Kier alpha value is -0.570. The Morgan fingerprint density at radius 2 is 1.86 bits per heavy atom. The predicted molar refractivity (Wildman–Crippen MR) is 60.2 cm³/mol. The topological polar surface area (TPSA) is 41.1 Å². The third-order valence-electron chi connectivity index (χ3n) is 2.52. The minimum atomic E-state index is 0.170. The molecule has 1 amide bonds. The quantitative estimate of drug-likeness (QED) is 0.610. The molecule has 14 heavy (non-hydrogen) atoms. The van der Waals surface area contributed by atoms with Gasteiger partial charge in [-0.05, 0) is 18.4 Å². The molecule has 3 nitrogen and oxygen atoms in total. The molecule has 0 saturated heterocycles. The summed E-state index contributed by atoms with van der Waals surface area (Å²) in [6, 6.07) is 0. The lowest BCUT2D eigenvalue weighted by Crippen LogP contribution is -2.32. The number of rotatable bonds is 7. The molecule has 2 N–H and O–H groups in total. The van der Waals surface area contributed by atoms with Crippen LogP contribution in [0, 0.1) is 11.8 Å². The van der Waals surface area contributed by atoms with E-state index in [0.29, 0.717) is 18.3 Å². The van der Waals surface area contributed by atoms with E-state index < -0.39 is 0 Å². The van der Waals surface area contributed by atoms with Crippen molar-refractivity contribution in [3.8, 4) is 0 Å². The van der Waals surface area contributed by atoms with E-state index in [0.717, 1.165) is 19.6 Å². The van der Waals surface area contributed by atoms with E-state index in [9.17, 15) is 4.79 Å². The van der Waals surface area contributed by atoms with Crippen LogP contribution in [-0.2, 0) is 4.79 Å². The van der Waals surface area contributed by atoms with Gasteiger partial charge >= 0.3 is 0 Å². The van der Waals surface area contributed by atoms with E-state index in [2.05, 4.69) is 38.3 Å². The fraction of sp³-hybridized carbons (Fsp3) is 0.909. The third-order valence-corrected chi connectivity index (χ3v) is 2.52. The zero-order valence-corrected chi connectivity index (χ0v) is 9.89. The first-order valence-electron chi connectivity index (χ1n) is 5.55. The largest absolute Gasteiger partial charge is 0.355 e. The van der Waals surface area contributed by atoms with Crippen LogP contribution in [0.2, 0.25) is 0 Å². The van der Waals surface area contributed by atoms with Gasteiger partial charge in [-0.3, -0.25) is 4.79 Å². The van der Waals surface area contributed by atoms with E-state index in [-0.39, 0.29) is 5.91 Å². The zero-order valence-electron chi connectivity index (χ0n) is 9.89. The van der Waals surface area contributed by atoms with Gasteiger partial charge in [-0.25, -0.2) is 0 Å². The van der Waals surface area contributed by atoms with Crippen LogP contribution in [0.5, 0.6) is 0 Å². The summed E-state index contributed by atoms with van der Waals surface area (Å²) in [4.78, 5) is 11.4. The number of carbonyl (C=O) groups is 1. The summed E-state index contributed by atoms with van der Waals surface area (Å²) in [5, 5.41) is 6.07. The van der Waals surface area contributed by atoms with Crippen LogP contribution in [0.1, 0.15) is 34.1 Å². The lowest BCUT2D eigenvalue weighted by Gasteiger charge is -2.14. The second-order valence-corrected chi connectivity index (χ2v) is 4.13. The Bertz CT molecular complexity index is 157. The highest BCUT2D eigenvalue weighted by atomic mass is 16.1. The van der Waals surface area contributed by atoms with E-state index in [1.165, 1.54) is 0 Å². The maximum Gasteiger partial charge on any atom is 0.220 e. The summed E-state index contributed by atoms with van der Waals surface area (Å²) in [5.41, 5.74) is 0. The van der Waals surface area contributed by atoms with Gasteiger partial charge in [0.15, 0.2) is 0 Å². The van der Waals surface area contributed by atoms with Gasteiger partial charge in [-0.2, -0.15) is 0 Å². The summed E-state index contributed by atoms with van der Waals surface area (Å²) in [5.74, 6) is 1.22. The van der Waals surface area contributed by atoms with Crippen molar-refractivity contribution >= 4 is 5.91 Å². The van der Waals surface area contributed by atoms with E-state index in [4.69, 9.17) is 0 Å². The fourth-order valence-corrected chi connectivity index (χ4v) is 1.07. The average Bonchev–Trinajstić information content (AvgIpc) is 2.12. The lowest BCUT2D eigenvalue weighted by molar-refractivity contribution is -0.122. The predicted octanol–water partition coefficient (Wildman–Crippen LogP) is 1.39. The van der Waals surface area contributed by atoms with Crippen molar-refractivity contribution in [1.29, 1.82) is 0 Å². The molecular weight excluding hydrogens is 176 g/mol. The molecular formula is C11H24N2O. The molecule has 0 aliphatic heterocycles. The highest BCUT2D eigenvalue weighted by Crippen LogP contribution is 2.13. The minimum Gasteiger partial charge on any atom is -0.355 e. The van der Waals surface area contributed by atoms with Crippen LogP contribution in [0.25, 0.3) is 0 Å². The Kier molecular flexibility index (Phi) is 7.48. The first-order chi connectivity index (χ1) is 6.57. The number of nitrogens with one attached hydrogen (secondary N) is 2. The fourth-order valence-electron chi connectivity index (χ4n) is 1.07. The van der Waals surface area contributed by atoms with Crippen molar-refractivity contribution in [1.82, 2.24) is 10.6 Å². The molecule has 0 aromatic heterocycles. The Balaban J connectivity index is 3.45. The molecule has 0 heterocycles. The maximum absolute atomic E-state index is 11.4. The van der Waals surface area contributed by atoms with Crippen molar-refractivity contribution in [3.63, 3.8) is 0 Å². The van der Waals surface area contributed by atoms with Crippen LogP contribution in [0.3, 0.4) is 0 Å². The highest BCUT2D eigenvalue weighted by Gasteiger charge is 2.11. The van der Waals surface area contributed by atoms with E-state index in [1.54, 1.807) is 0 Å².